The molecule has 1 saturated heterocycles. The van der Waals surface area contributed by atoms with E-state index in [9.17, 15) is 14.0 Å². The van der Waals surface area contributed by atoms with Crippen molar-refractivity contribution in [3.8, 4) is 11.4 Å². The lowest BCUT2D eigenvalue weighted by molar-refractivity contribution is -0.132. The number of nitrogens with one attached hydrogen (secondary N) is 1. The number of nitrogens with zero attached hydrogens (tertiary/aromatic N) is 4. The molecular weight excluding hydrogens is 465 g/mol. The maximum atomic E-state index is 13.3. The van der Waals surface area contributed by atoms with Crippen LogP contribution < -0.4 is 0 Å². The lowest BCUT2D eigenvalue weighted by Gasteiger charge is -2.35. The number of benzene rings is 2. The molecule has 2 amide bonds. The second kappa shape index (κ2) is 9.84. The van der Waals surface area contributed by atoms with E-state index in [-0.39, 0.29) is 28.8 Å². The third kappa shape index (κ3) is 5.15. The Morgan fingerprint density at radius 2 is 1.85 bits per heavy atom. The molecule has 1 fully saturated rings. The molecule has 0 saturated carbocycles. The quantitative estimate of drug-likeness (QED) is 0.550. The van der Waals surface area contributed by atoms with E-state index in [1.165, 1.54) is 12.1 Å². The minimum atomic E-state index is -0.491. The number of halogens is 2. The van der Waals surface area contributed by atoms with Crippen LogP contribution in [0.3, 0.4) is 0 Å². The third-order valence-electron chi connectivity index (χ3n) is 5.66. The summed E-state index contributed by atoms with van der Waals surface area (Å²) in [5.74, 6) is -0.0712. The Labute approximate surface area is 200 Å². The zero-order valence-corrected chi connectivity index (χ0v) is 19.6. The second-order valence-electron chi connectivity index (χ2n) is 7.92. The first-order chi connectivity index (χ1) is 15.8. The average Bonchev–Trinajstić information content (AvgIpc) is 3.17. The molecule has 0 atom stereocenters. The molecule has 0 unspecified atom stereocenters. The lowest BCUT2D eigenvalue weighted by atomic mass is 10.1. The summed E-state index contributed by atoms with van der Waals surface area (Å²) in [6, 6.07) is 11.7. The van der Waals surface area contributed by atoms with Gasteiger partial charge >= 0.3 is 0 Å². The highest BCUT2D eigenvalue weighted by Gasteiger charge is 2.26. The Bertz CT molecular complexity index is 1250. The van der Waals surface area contributed by atoms with Crippen molar-refractivity contribution < 1.29 is 14.0 Å². The van der Waals surface area contributed by atoms with Crippen molar-refractivity contribution in [1.29, 1.82) is 0 Å². The van der Waals surface area contributed by atoms with Gasteiger partial charge in [-0.1, -0.05) is 35.4 Å². The number of aryl methyl sites for hydroxylation is 1. The number of carbonyl (C=O) groups is 2. The monoisotopic (exact) mass is 487 g/mol. The van der Waals surface area contributed by atoms with Crippen LogP contribution in [0, 0.1) is 17.5 Å². The molecule has 3 aromatic rings. The van der Waals surface area contributed by atoms with E-state index in [0.717, 1.165) is 17.2 Å². The van der Waals surface area contributed by atoms with E-state index < -0.39 is 5.82 Å². The molecule has 4 rings (SSSR count). The van der Waals surface area contributed by atoms with Gasteiger partial charge in [0, 0.05) is 44.7 Å². The van der Waals surface area contributed by atoms with Crippen molar-refractivity contribution in [2.24, 2.45) is 0 Å². The molecule has 0 aliphatic carbocycles. The molecule has 1 aliphatic rings. The Kier molecular flexibility index (Phi) is 6.90. The van der Waals surface area contributed by atoms with Crippen molar-refractivity contribution in [2.75, 3.05) is 26.2 Å². The maximum absolute atomic E-state index is 13.3. The summed E-state index contributed by atoms with van der Waals surface area (Å²) in [6.45, 7) is 4.03. The standard InChI is InChI=1S/C23H23ClFN5O2S/c1-15-3-2-4-16(13-15)21-26-27-23(33)30(21)8-7-20(31)28-9-11-29(12-10-28)22(32)18-6-5-17(25)14-19(18)24/h2-6,13-14H,7-12H2,1H3,(H,27,33). The van der Waals surface area contributed by atoms with Crippen LogP contribution >= 0.6 is 23.8 Å². The van der Waals surface area contributed by atoms with Crippen LogP contribution in [-0.2, 0) is 11.3 Å². The van der Waals surface area contributed by atoms with Gasteiger partial charge in [0.05, 0.1) is 10.6 Å². The van der Waals surface area contributed by atoms with Gasteiger partial charge in [-0.15, -0.1) is 0 Å². The fraction of sp³-hybridized carbons (Fsp3) is 0.304. The highest BCUT2D eigenvalue weighted by molar-refractivity contribution is 7.71. The number of aromatic nitrogens is 3. The molecule has 1 aromatic heterocycles. The highest BCUT2D eigenvalue weighted by atomic mass is 35.5. The Balaban J connectivity index is 1.35. The van der Waals surface area contributed by atoms with Crippen molar-refractivity contribution in [2.45, 2.75) is 19.9 Å². The van der Waals surface area contributed by atoms with E-state index in [1.807, 2.05) is 35.8 Å². The highest BCUT2D eigenvalue weighted by Crippen LogP contribution is 2.21. The van der Waals surface area contributed by atoms with Gasteiger partial charge in [-0.3, -0.25) is 19.3 Å². The van der Waals surface area contributed by atoms with Crippen molar-refractivity contribution in [3.05, 3.63) is 69.2 Å². The average molecular weight is 488 g/mol. The SMILES string of the molecule is Cc1cccc(-c2n[nH]c(=S)n2CCC(=O)N2CCN(C(=O)c3ccc(F)cc3Cl)CC2)c1. The summed E-state index contributed by atoms with van der Waals surface area (Å²) in [5.41, 5.74) is 2.30. The zero-order chi connectivity index (χ0) is 23.5. The number of aromatic amines is 1. The Morgan fingerprint density at radius 1 is 1.12 bits per heavy atom. The minimum absolute atomic E-state index is 0.0137. The topological polar surface area (TPSA) is 74.2 Å². The number of hydrogen-bond acceptors (Lipinski definition) is 4. The van der Waals surface area contributed by atoms with Gasteiger partial charge < -0.3 is 9.80 Å². The van der Waals surface area contributed by atoms with Crippen LogP contribution in [0.1, 0.15) is 22.3 Å². The molecule has 0 radical (unpaired) electrons. The van der Waals surface area contributed by atoms with E-state index in [4.69, 9.17) is 23.8 Å². The fourth-order valence-corrected chi connectivity index (χ4v) is 4.36. The van der Waals surface area contributed by atoms with Gasteiger partial charge in [0.15, 0.2) is 10.6 Å². The summed E-state index contributed by atoms with van der Waals surface area (Å²) in [4.78, 5) is 28.9. The van der Waals surface area contributed by atoms with Crippen molar-refractivity contribution in [1.82, 2.24) is 24.6 Å². The van der Waals surface area contributed by atoms with Crippen LogP contribution in [0.25, 0.3) is 11.4 Å². The number of hydrogen-bond donors (Lipinski definition) is 1. The second-order valence-corrected chi connectivity index (χ2v) is 8.71. The molecule has 0 spiro atoms. The molecule has 1 N–H and O–H groups in total. The summed E-state index contributed by atoms with van der Waals surface area (Å²) < 4.78 is 15.6. The zero-order valence-electron chi connectivity index (χ0n) is 18.1. The van der Waals surface area contributed by atoms with Gasteiger partial charge in [-0.2, -0.15) is 5.10 Å². The molecule has 7 nitrogen and oxygen atoms in total. The maximum Gasteiger partial charge on any atom is 0.255 e. The fourth-order valence-electron chi connectivity index (χ4n) is 3.89. The molecule has 1 aliphatic heterocycles. The van der Waals surface area contributed by atoms with Crippen LogP contribution in [0.2, 0.25) is 5.02 Å². The van der Waals surface area contributed by atoms with Crippen LogP contribution in [0.15, 0.2) is 42.5 Å². The van der Waals surface area contributed by atoms with Crippen LogP contribution in [-0.4, -0.2) is 62.6 Å². The van der Waals surface area contributed by atoms with Gasteiger partial charge in [0.2, 0.25) is 5.91 Å². The Morgan fingerprint density at radius 3 is 2.55 bits per heavy atom. The summed E-state index contributed by atoms with van der Waals surface area (Å²) in [7, 11) is 0. The van der Waals surface area contributed by atoms with Crippen LogP contribution in [0.5, 0.6) is 0 Å². The summed E-state index contributed by atoms with van der Waals surface area (Å²) >= 11 is 11.4. The van der Waals surface area contributed by atoms with Gasteiger partial charge in [0.1, 0.15) is 5.82 Å². The van der Waals surface area contributed by atoms with E-state index >= 15 is 0 Å². The van der Waals surface area contributed by atoms with Gasteiger partial charge in [-0.25, -0.2) is 4.39 Å². The van der Waals surface area contributed by atoms with E-state index in [1.54, 1.807) is 9.80 Å². The molecule has 2 heterocycles. The Hall–Kier alpha value is -3.04. The molecule has 2 aromatic carbocycles. The van der Waals surface area contributed by atoms with Crippen molar-refractivity contribution >= 4 is 35.6 Å². The normalized spacial score (nSPS) is 13.9. The predicted molar refractivity (Wildman–Crippen MR) is 126 cm³/mol. The summed E-state index contributed by atoms with van der Waals surface area (Å²) in [6.07, 6.45) is 0.268. The molecular formula is C23H23ClFN5O2S. The number of amides is 2. The van der Waals surface area contributed by atoms with Crippen LogP contribution in [0.4, 0.5) is 4.39 Å². The molecule has 0 bridgehead atoms. The lowest BCUT2D eigenvalue weighted by Crippen LogP contribution is -2.50. The molecule has 10 heteroatoms. The summed E-state index contributed by atoms with van der Waals surface area (Å²) in [5, 5.41) is 7.23. The minimum Gasteiger partial charge on any atom is -0.339 e. The number of H-pyrrole nitrogens is 1. The number of carbonyl (C=O) groups excluding carboxylic acids is 2. The van der Waals surface area contributed by atoms with Crippen molar-refractivity contribution in [3.63, 3.8) is 0 Å². The smallest absolute Gasteiger partial charge is 0.255 e. The van der Waals surface area contributed by atoms with E-state index in [0.29, 0.717) is 43.3 Å². The first kappa shape index (κ1) is 23.1. The largest absolute Gasteiger partial charge is 0.339 e. The molecule has 172 valence electrons. The predicted octanol–water partition coefficient (Wildman–Crippen LogP) is 4.08. The van der Waals surface area contributed by atoms with Gasteiger partial charge in [0.25, 0.3) is 5.91 Å². The van der Waals surface area contributed by atoms with Gasteiger partial charge in [-0.05, 0) is 43.4 Å². The number of rotatable bonds is 5. The first-order valence-corrected chi connectivity index (χ1v) is 11.4. The first-order valence-electron chi connectivity index (χ1n) is 10.6. The third-order valence-corrected chi connectivity index (χ3v) is 6.29. The number of piperazine rings is 1. The van der Waals surface area contributed by atoms with E-state index in [2.05, 4.69) is 10.2 Å². The molecule has 33 heavy (non-hydrogen) atoms.